The Morgan fingerprint density at radius 2 is 2.00 bits per heavy atom. The van der Waals surface area contributed by atoms with Gasteiger partial charge in [0.15, 0.2) is 0 Å². The van der Waals surface area contributed by atoms with E-state index >= 15 is 0 Å². The van der Waals surface area contributed by atoms with Crippen LogP contribution in [0.15, 0.2) is 28.7 Å². The molecule has 0 aliphatic rings. The van der Waals surface area contributed by atoms with Crippen LogP contribution in [0, 0.1) is 0 Å². The van der Waals surface area contributed by atoms with E-state index in [2.05, 4.69) is 33.0 Å². The number of aliphatic hydroxyl groups excluding tert-OH is 1. The van der Waals surface area contributed by atoms with Gasteiger partial charge in [0.05, 0.1) is 6.10 Å². The predicted molar refractivity (Wildman–Crippen MR) is 65.5 cm³/mol. The van der Waals surface area contributed by atoms with Gasteiger partial charge in [0.25, 0.3) is 0 Å². The number of nitrogens with two attached hydrogens (primary N) is 1. The molecule has 0 heterocycles. The summed E-state index contributed by atoms with van der Waals surface area (Å²) in [6.07, 6.45) is -0.439. The quantitative estimate of drug-likeness (QED) is 0.847. The summed E-state index contributed by atoms with van der Waals surface area (Å²) in [5, 5.41) is 9.38. The van der Waals surface area contributed by atoms with E-state index in [1.165, 1.54) is 5.56 Å². The van der Waals surface area contributed by atoms with Gasteiger partial charge < -0.3 is 10.8 Å². The van der Waals surface area contributed by atoms with E-state index in [0.717, 1.165) is 11.0 Å². The molecular formula is C11H17BrN2O. The largest absolute Gasteiger partial charge is 0.390 e. The fraction of sp³-hybridized carbons (Fsp3) is 0.455. The lowest BCUT2D eigenvalue weighted by Crippen LogP contribution is -2.33. The number of hydrogen-bond donors (Lipinski definition) is 2. The molecule has 0 radical (unpaired) electrons. The Morgan fingerprint density at radius 1 is 1.40 bits per heavy atom. The average Bonchev–Trinajstić information content (AvgIpc) is 2.21. The lowest BCUT2D eigenvalue weighted by atomic mass is 10.2. The van der Waals surface area contributed by atoms with Crippen LogP contribution in [0.4, 0.5) is 0 Å². The summed E-state index contributed by atoms with van der Waals surface area (Å²) in [6, 6.07) is 8.16. The van der Waals surface area contributed by atoms with Crippen LogP contribution >= 0.6 is 15.9 Å². The van der Waals surface area contributed by atoms with Gasteiger partial charge >= 0.3 is 0 Å². The zero-order chi connectivity index (χ0) is 11.3. The van der Waals surface area contributed by atoms with Gasteiger partial charge in [-0.15, -0.1) is 0 Å². The maximum absolute atomic E-state index is 9.38. The number of halogens is 1. The Morgan fingerprint density at radius 3 is 2.53 bits per heavy atom. The second-order valence-corrected chi connectivity index (χ2v) is 4.63. The van der Waals surface area contributed by atoms with Crippen molar-refractivity contribution in [2.75, 3.05) is 20.1 Å². The van der Waals surface area contributed by atoms with Crippen molar-refractivity contribution in [1.29, 1.82) is 0 Å². The summed E-state index contributed by atoms with van der Waals surface area (Å²) in [5.41, 5.74) is 6.58. The topological polar surface area (TPSA) is 49.5 Å². The molecule has 3 nitrogen and oxygen atoms in total. The first kappa shape index (κ1) is 12.6. The number of hydrogen-bond acceptors (Lipinski definition) is 3. The molecule has 15 heavy (non-hydrogen) atoms. The predicted octanol–water partition coefficient (Wildman–Crippen LogP) is 1.20. The Labute approximate surface area is 99.0 Å². The Hall–Kier alpha value is -0.420. The maximum atomic E-state index is 9.38. The normalized spacial score (nSPS) is 13.1. The van der Waals surface area contributed by atoms with E-state index in [1.807, 2.05) is 19.2 Å². The Kier molecular flexibility index (Phi) is 5.25. The van der Waals surface area contributed by atoms with Gasteiger partial charge in [-0.25, -0.2) is 0 Å². The molecule has 1 atom stereocenters. The molecule has 1 aromatic rings. The van der Waals surface area contributed by atoms with Gasteiger partial charge in [-0.05, 0) is 24.7 Å². The third-order valence-corrected chi connectivity index (χ3v) is 2.69. The molecule has 1 aromatic carbocycles. The lowest BCUT2D eigenvalue weighted by Gasteiger charge is -2.19. The number of likely N-dealkylation sites (N-methyl/N-ethyl adjacent to an activating group) is 1. The van der Waals surface area contributed by atoms with Crippen molar-refractivity contribution in [3.63, 3.8) is 0 Å². The molecule has 1 rings (SSSR count). The second-order valence-electron chi connectivity index (χ2n) is 3.71. The monoisotopic (exact) mass is 272 g/mol. The number of benzene rings is 1. The van der Waals surface area contributed by atoms with Crippen molar-refractivity contribution in [3.8, 4) is 0 Å². The molecular weight excluding hydrogens is 256 g/mol. The van der Waals surface area contributed by atoms with Crippen molar-refractivity contribution in [1.82, 2.24) is 4.90 Å². The first-order chi connectivity index (χ1) is 7.11. The highest BCUT2D eigenvalue weighted by Crippen LogP contribution is 2.11. The smallest absolute Gasteiger partial charge is 0.0789 e. The van der Waals surface area contributed by atoms with E-state index in [-0.39, 0.29) is 0 Å². The van der Waals surface area contributed by atoms with Crippen LogP contribution in [-0.2, 0) is 6.54 Å². The summed E-state index contributed by atoms with van der Waals surface area (Å²) in [6.45, 7) is 1.74. The summed E-state index contributed by atoms with van der Waals surface area (Å²) in [7, 11) is 1.97. The third-order valence-electron chi connectivity index (χ3n) is 2.16. The molecule has 4 heteroatoms. The molecule has 0 saturated carbocycles. The SMILES string of the molecule is CN(Cc1ccc(Br)cc1)CC(O)CN. The molecule has 0 fully saturated rings. The summed E-state index contributed by atoms with van der Waals surface area (Å²) < 4.78 is 1.08. The highest BCUT2D eigenvalue weighted by Gasteiger charge is 2.06. The van der Waals surface area contributed by atoms with E-state index < -0.39 is 6.10 Å². The fourth-order valence-corrected chi connectivity index (χ4v) is 1.66. The number of rotatable bonds is 5. The zero-order valence-corrected chi connectivity index (χ0v) is 10.4. The highest BCUT2D eigenvalue weighted by molar-refractivity contribution is 9.10. The van der Waals surface area contributed by atoms with E-state index in [1.54, 1.807) is 0 Å². The van der Waals surface area contributed by atoms with Crippen LogP contribution < -0.4 is 5.73 Å². The first-order valence-electron chi connectivity index (χ1n) is 4.93. The van der Waals surface area contributed by atoms with Crippen LogP contribution in [0.2, 0.25) is 0 Å². The lowest BCUT2D eigenvalue weighted by molar-refractivity contribution is 0.129. The van der Waals surface area contributed by atoms with E-state index in [0.29, 0.717) is 13.1 Å². The molecule has 3 N–H and O–H groups in total. The van der Waals surface area contributed by atoms with Gasteiger partial charge in [0.2, 0.25) is 0 Å². The zero-order valence-electron chi connectivity index (χ0n) is 8.86. The van der Waals surface area contributed by atoms with E-state index in [9.17, 15) is 5.11 Å². The van der Waals surface area contributed by atoms with Crippen molar-refractivity contribution in [2.24, 2.45) is 5.73 Å². The van der Waals surface area contributed by atoms with Gasteiger partial charge in [-0.1, -0.05) is 28.1 Å². The molecule has 0 aliphatic heterocycles. The Bertz CT molecular complexity index is 289. The molecule has 0 amide bonds. The van der Waals surface area contributed by atoms with Gasteiger partial charge in [0.1, 0.15) is 0 Å². The molecule has 84 valence electrons. The molecule has 0 saturated heterocycles. The maximum Gasteiger partial charge on any atom is 0.0789 e. The summed E-state index contributed by atoms with van der Waals surface area (Å²) in [5.74, 6) is 0. The fourth-order valence-electron chi connectivity index (χ4n) is 1.40. The van der Waals surface area contributed by atoms with Crippen LogP contribution in [0.1, 0.15) is 5.56 Å². The van der Waals surface area contributed by atoms with Crippen molar-refractivity contribution < 1.29 is 5.11 Å². The minimum Gasteiger partial charge on any atom is -0.390 e. The minimum atomic E-state index is -0.439. The van der Waals surface area contributed by atoms with Crippen LogP contribution in [-0.4, -0.2) is 36.2 Å². The minimum absolute atomic E-state index is 0.310. The van der Waals surface area contributed by atoms with Crippen molar-refractivity contribution in [3.05, 3.63) is 34.3 Å². The molecule has 0 bridgehead atoms. The number of aliphatic hydroxyl groups is 1. The Balaban J connectivity index is 2.44. The highest BCUT2D eigenvalue weighted by atomic mass is 79.9. The van der Waals surface area contributed by atoms with Crippen LogP contribution in [0.25, 0.3) is 0 Å². The van der Waals surface area contributed by atoms with Gasteiger partial charge in [0, 0.05) is 24.1 Å². The first-order valence-corrected chi connectivity index (χ1v) is 5.72. The van der Waals surface area contributed by atoms with E-state index in [4.69, 9.17) is 5.73 Å². The van der Waals surface area contributed by atoms with Crippen molar-refractivity contribution in [2.45, 2.75) is 12.6 Å². The molecule has 0 aliphatic carbocycles. The van der Waals surface area contributed by atoms with Crippen LogP contribution in [0.3, 0.4) is 0 Å². The van der Waals surface area contributed by atoms with Crippen molar-refractivity contribution >= 4 is 15.9 Å². The average molecular weight is 273 g/mol. The van der Waals surface area contributed by atoms with Gasteiger partial charge in [-0.2, -0.15) is 0 Å². The molecule has 1 unspecified atom stereocenters. The summed E-state index contributed by atoms with van der Waals surface area (Å²) >= 11 is 3.39. The standard InChI is InChI=1S/C11H17BrN2O/c1-14(8-11(15)6-13)7-9-2-4-10(12)5-3-9/h2-5,11,15H,6-8,13H2,1H3. The third kappa shape index (κ3) is 4.75. The second kappa shape index (κ2) is 6.23. The molecule has 0 aromatic heterocycles. The van der Waals surface area contributed by atoms with Gasteiger partial charge in [-0.3, -0.25) is 4.90 Å². The van der Waals surface area contributed by atoms with Crippen LogP contribution in [0.5, 0.6) is 0 Å². The number of nitrogens with zero attached hydrogens (tertiary/aromatic N) is 1. The summed E-state index contributed by atoms with van der Waals surface area (Å²) in [4.78, 5) is 2.06. The molecule has 0 spiro atoms.